The van der Waals surface area contributed by atoms with E-state index in [0.29, 0.717) is 11.1 Å². The molecule has 0 bridgehead atoms. The standard InChI is InChI=1S/C21H17NO5/c1-26-20(24)16-13-22(19(23)15-11-7-4-8-12-15)18(17(16)21(25)27-2)14-9-5-3-6-10-14/h3-13H,1-2H3. The number of nitrogens with zero attached hydrogens (tertiary/aromatic N) is 1. The summed E-state index contributed by atoms with van der Waals surface area (Å²) in [7, 11) is 2.43. The Hall–Kier alpha value is -3.67. The zero-order valence-corrected chi connectivity index (χ0v) is 14.8. The summed E-state index contributed by atoms with van der Waals surface area (Å²) >= 11 is 0. The van der Waals surface area contributed by atoms with Gasteiger partial charge in [0, 0.05) is 11.8 Å². The fraction of sp³-hybridized carbons (Fsp3) is 0.0952. The van der Waals surface area contributed by atoms with Crippen LogP contribution in [0.1, 0.15) is 31.1 Å². The minimum absolute atomic E-state index is 0.0140. The topological polar surface area (TPSA) is 74.6 Å². The van der Waals surface area contributed by atoms with Gasteiger partial charge in [-0.3, -0.25) is 9.36 Å². The number of carbonyl (C=O) groups is 3. The monoisotopic (exact) mass is 363 g/mol. The van der Waals surface area contributed by atoms with E-state index in [9.17, 15) is 14.4 Å². The van der Waals surface area contributed by atoms with Crippen molar-refractivity contribution in [2.24, 2.45) is 0 Å². The van der Waals surface area contributed by atoms with E-state index in [2.05, 4.69) is 0 Å². The quantitative estimate of drug-likeness (QED) is 0.664. The van der Waals surface area contributed by atoms with Gasteiger partial charge >= 0.3 is 11.9 Å². The molecule has 0 N–H and O–H groups in total. The molecule has 136 valence electrons. The first-order valence-electron chi connectivity index (χ1n) is 8.15. The highest BCUT2D eigenvalue weighted by Crippen LogP contribution is 2.30. The van der Waals surface area contributed by atoms with E-state index in [-0.39, 0.29) is 22.7 Å². The van der Waals surface area contributed by atoms with Gasteiger partial charge in [-0.15, -0.1) is 0 Å². The Labute approximate surface area is 156 Å². The molecule has 0 spiro atoms. The molecule has 0 aliphatic heterocycles. The summed E-state index contributed by atoms with van der Waals surface area (Å²) in [6.45, 7) is 0. The molecule has 0 aliphatic rings. The molecule has 0 atom stereocenters. The smallest absolute Gasteiger partial charge is 0.340 e. The van der Waals surface area contributed by atoms with Crippen LogP contribution in [0.2, 0.25) is 0 Å². The lowest BCUT2D eigenvalue weighted by Gasteiger charge is -2.10. The number of ether oxygens (including phenoxy) is 2. The second-order valence-corrected chi connectivity index (χ2v) is 5.66. The van der Waals surface area contributed by atoms with E-state index in [1.807, 2.05) is 6.07 Å². The van der Waals surface area contributed by atoms with Crippen LogP contribution in [0.3, 0.4) is 0 Å². The van der Waals surface area contributed by atoms with Crippen molar-refractivity contribution in [2.45, 2.75) is 0 Å². The fourth-order valence-electron chi connectivity index (χ4n) is 2.84. The molecular formula is C21H17NO5. The highest BCUT2D eigenvalue weighted by atomic mass is 16.5. The maximum Gasteiger partial charge on any atom is 0.340 e. The van der Waals surface area contributed by atoms with Gasteiger partial charge < -0.3 is 9.47 Å². The van der Waals surface area contributed by atoms with Gasteiger partial charge in [-0.25, -0.2) is 9.59 Å². The molecule has 0 unspecified atom stereocenters. The Balaban J connectivity index is 2.32. The van der Waals surface area contributed by atoms with Crippen molar-refractivity contribution in [1.29, 1.82) is 0 Å². The summed E-state index contributed by atoms with van der Waals surface area (Å²) in [6.07, 6.45) is 1.32. The number of esters is 2. The van der Waals surface area contributed by atoms with Crippen LogP contribution in [0.25, 0.3) is 11.3 Å². The van der Waals surface area contributed by atoms with Crippen molar-refractivity contribution in [3.8, 4) is 11.3 Å². The van der Waals surface area contributed by atoms with Crippen molar-refractivity contribution in [3.05, 3.63) is 83.6 Å². The van der Waals surface area contributed by atoms with E-state index in [1.54, 1.807) is 54.6 Å². The van der Waals surface area contributed by atoms with Crippen LogP contribution in [-0.2, 0) is 9.47 Å². The molecule has 0 fully saturated rings. The van der Waals surface area contributed by atoms with E-state index >= 15 is 0 Å². The molecule has 0 saturated carbocycles. The van der Waals surface area contributed by atoms with Crippen LogP contribution >= 0.6 is 0 Å². The van der Waals surface area contributed by atoms with Crippen LogP contribution in [0.15, 0.2) is 66.9 Å². The predicted octanol–water partition coefficient (Wildman–Crippen LogP) is 3.42. The second kappa shape index (κ2) is 7.70. The van der Waals surface area contributed by atoms with Gasteiger partial charge in [0.25, 0.3) is 5.91 Å². The van der Waals surface area contributed by atoms with Gasteiger partial charge in [0.15, 0.2) is 0 Å². The van der Waals surface area contributed by atoms with Crippen molar-refractivity contribution in [3.63, 3.8) is 0 Å². The van der Waals surface area contributed by atoms with Crippen molar-refractivity contribution in [2.75, 3.05) is 14.2 Å². The molecule has 0 amide bonds. The van der Waals surface area contributed by atoms with Gasteiger partial charge in [-0.2, -0.15) is 0 Å². The van der Waals surface area contributed by atoms with Gasteiger partial charge in [-0.05, 0) is 17.7 Å². The van der Waals surface area contributed by atoms with E-state index in [0.717, 1.165) is 0 Å². The summed E-state index contributed by atoms with van der Waals surface area (Å²) < 4.78 is 10.9. The Morgan fingerprint density at radius 3 is 1.89 bits per heavy atom. The zero-order chi connectivity index (χ0) is 19.4. The van der Waals surface area contributed by atoms with Crippen LogP contribution in [-0.4, -0.2) is 36.6 Å². The van der Waals surface area contributed by atoms with E-state index in [4.69, 9.17) is 9.47 Å². The molecule has 0 aliphatic carbocycles. The molecule has 3 rings (SSSR count). The molecular weight excluding hydrogens is 346 g/mol. The number of rotatable bonds is 4. The average molecular weight is 363 g/mol. The number of methoxy groups -OCH3 is 2. The third-order valence-corrected chi connectivity index (χ3v) is 4.09. The summed E-state index contributed by atoms with van der Waals surface area (Å²) in [5, 5.41) is 0. The number of carbonyl (C=O) groups excluding carboxylic acids is 3. The Bertz CT molecular complexity index is 990. The maximum absolute atomic E-state index is 13.1. The first-order chi connectivity index (χ1) is 13.1. The normalized spacial score (nSPS) is 10.3. The summed E-state index contributed by atoms with van der Waals surface area (Å²) in [6, 6.07) is 17.5. The Morgan fingerprint density at radius 2 is 1.33 bits per heavy atom. The third kappa shape index (κ3) is 3.37. The molecule has 27 heavy (non-hydrogen) atoms. The number of aromatic nitrogens is 1. The SMILES string of the molecule is COC(=O)c1cn(C(=O)c2ccccc2)c(-c2ccccc2)c1C(=O)OC. The first-order valence-corrected chi connectivity index (χ1v) is 8.15. The first kappa shape index (κ1) is 18.1. The van der Waals surface area contributed by atoms with Crippen LogP contribution in [0.5, 0.6) is 0 Å². The Morgan fingerprint density at radius 1 is 0.778 bits per heavy atom. The zero-order valence-electron chi connectivity index (χ0n) is 14.8. The number of hydrogen-bond acceptors (Lipinski definition) is 5. The molecule has 0 radical (unpaired) electrons. The lowest BCUT2D eigenvalue weighted by molar-refractivity contribution is 0.0557. The van der Waals surface area contributed by atoms with Gasteiger partial charge in [0.05, 0.1) is 25.5 Å². The average Bonchev–Trinajstić information content (AvgIpc) is 3.13. The van der Waals surface area contributed by atoms with Crippen molar-refractivity contribution < 1.29 is 23.9 Å². The predicted molar refractivity (Wildman–Crippen MR) is 98.7 cm³/mol. The lowest BCUT2D eigenvalue weighted by atomic mass is 10.0. The third-order valence-electron chi connectivity index (χ3n) is 4.09. The lowest BCUT2D eigenvalue weighted by Crippen LogP contribution is -2.14. The molecule has 6 nitrogen and oxygen atoms in total. The molecule has 0 saturated heterocycles. The van der Waals surface area contributed by atoms with Crippen molar-refractivity contribution >= 4 is 17.8 Å². The minimum atomic E-state index is -0.729. The summed E-state index contributed by atoms with van der Waals surface area (Å²) in [5.41, 5.74) is 1.24. The highest BCUT2D eigenvalue weighted by molar-refractivity contribution is 6.11. The molecule has 2 aromatic carbocycles. The Kier molecular flexibility index (Phi) is 5.17. The number of benzene rings is 2. The summed E-state index contributed by atoms with van der Waals surface area (Å²) in [5.74, 6) is -1.84. The van der Waals surface area contributed by atoms with E-state index < -0.39 is 11.9 Å². The second-order valence-electron chi connectivity index (χ2n) is 5.66. The van der Waals surface area contributed by atoms with Gasteiger partial charge in [-0.1, -0.05) is 48.5 Å². The number of hydrogen-bond donors (Lipinski definition) is 0. The minimum Gasteiger partial charge on any atom is -0.465 e. The maximum atomic E-state index is 13.1. The van der Waals surface area contributed by atoms with Gasteiger partial charge in [0.2, 0.25) is 0 Å². The molecule has 1 heterocycles. The van der Waals surface area contributed by atoms with Crippen LogP contribution in [0, 0.1) is 0 Å². The van der Waals surface area contributed by atoms with Crippen molar-refractivity contribution in [1.82, 2.24) is 4.57 Å². The van der Waals surface area contributed by atoms with Crippen LogP contribution in [0.4, 0.5) is 0 Å². The fourth-order valence-corrected chi connectivity index (χ4v) is 2.84. The van der Waals surface area contributed by atoms with E-state index in [1.165, 1.54) is 25.0 Å². The van der Waals surface area contributed by atoms with Gasteiger partial charge in [0.1, 0.15) is 5.56 Å². The van der Waals surface area contributed by atoms with Crippen LogP contribution < -0.4 is 0 Å². The highest BCUT2D eigenvalue weighted by Gasteiger charge is 2.30. The molecule has 6 heteroatoms. The largest absolute Gasteiger partial charge is 0.465 e. The molecule has 1 aromatic heterocycles. The summed E-state index contributed by atoms with van der Waals surface area (Å²) in [4.78, 5) is 37.8. The molecule has 3 aromatic rings.